The molecule has 2 fully saturated rings. The van der Waals surface area contributed by atoms with E-state index in [-0.39, 0.29) is 23.1 Å². The Bertz CT molecular complexity index is 751. The molecule has 1 aromatic heterocycles. The van der Waals surface area contributed by atoms with Gasteiger partial charge in [-0.15, -0.1) is 0 Å². The SMILES string of the molecule is Cn1c(N2CCC(C(=O)NC3CCCCCC3)CC2)cc(=O)n(C)c1=O. The molecule has 2 heterocycles. The number of aromatic nitrogens is 2. The Morgan fingerprint density at radius 3 is 2.19 bits per heavy atom. The first-order chi connectivity index (χ1) is 12.5. The Balaban J connectivity index is 1.60. The van der Waals surface area contributed by atoms with E-state index in [9.17, 15) is 14.4 Å². The number of rotatable bonds is 3. The zero-order chi connectivity index (χ0) is 18.7. The monoisotopic (exact) mass is 362 g/mol. The molecule has 1 aliphatic carbocycles. The highest BCUT2D eigenvalue weighted by molar-refractivity contribution is 5.79. The largest absolute Gasteiger partial charge is 0.358 e. The zero-order valence-electron chi connectivity index (χ0n) is 15.9. The van der Waals surface area contributed by atoms with Gasteiger partial charge in [-0.05, 0) is 25.7 Å². The Morgan fingerprint density at radius 1 is 0.962 bits per heavy atom. The lowest BCUT2D eigenvalue weighted by Gasteiger charge is -2.34. The summed E-state index contributed by atoms with van der Waals surface area (Å²) in [6, 6.07) is 1.84. The van der Waals surface area contributed by atoms with E-state index >= 15 is 0 Å². The van der Waals surface area contributed by atoms with Gasteiger partial charge in [0.25, 0.3) is 5.56 Å². The standard InChI is InChI=1S/C19H30N4O3/c1-21-16(13-17(24)22(2)19(21)26)23-11-9-14(10-12-23)18(25)20-15-7-5-3-4-6-8-15/h13-15H,3-12H2,1-2H3,(H,20,25). The molecular weight excluding hydrogens is 332 g/mol. The van der Waals surface area contributed by atoms with Gasteiger partial charge in [-0.25, -0.2) is 4.79 Å². The lowest BCUT2D eigenvalue weighted by Crippen LogP contribution is -2.46. The highest BCUT2D eigenvalue weighted by Gasteiger charge is 2.28. The van der Waals surface area contributed by atoms with Crippen molar-refractivity contribution in [2.24, 2.45) is 20.0 Å². The van der Waals surface area contributed by atoms with E-state index in [0.717, 1.165) is 30.3 Å². The van der Waals surface area contributed by atoms with Crippen molar-refractivity contribution in [2.75, 3.05) is 18.0 Å². The number of piperidine rings is 1. The molecule has 1 amide bonds. The van der Waals surface area contributed by atoms with E-state index in [1.807, 2.05) is 4.90 Å². The van der Waals surface area contributed by atoms with Crippen LogP contribution in [-0.2, 0) is 18.9 Å². The Kier molecular flexibility index (Phi) is 5.84. The first-order valence-corrected chi connectivity index (χ1v) is 9.79. The summed E-state index contributed by atoms with van der Waals surface area (Å²) in [5.41, 5.74) is -0.614. The molecule has 0 radical (unpaired) electrons. The molecule has 0 bridgehead atoms. The van der Waals surface area contributed by atoms with Crippen LogP contribution in [0.4, 0.5) is 5.82 Å². The number of amides is 1. The highest BCUT2D eigenvalue weighted by atomic mass is 16.2. The maximum Gasteiger partial charge on any atom is 0.332 e. The van der Waals surface area contributed by atoms with E-state index in [2.05, 4.69) is 5.32 Å². The lowest BCUT2D eigenvalue weighted by atomic mass is 9.95. The molecule has 0 aromatic carbocycles. The van der Waals surface area contributed by atoms with Crippen molar-refractivity contribution in [1.29, 1.82) is 0 Å². The van der Waals surface area contributed by atoms with Crippen LogP contribution in [0.15, 0.2) is 15.7 Å². The smallest absolute Gasteiger partial charge is 0.332 e. The van der Waals surface area contributed by atoms with E-state index in [0.29, 0.717) is 24.9 Å². The number of hydrogen-bond donors (Lipinski definition) is 1. The summed E-state index contributed by atoms with van der Waals surface area (Å²) in [4.78, 5) is 38.7. The number of anilines is 1. The summed E-state index contributed by atoms with van der Waals surface area (Å²) in [5, 5.41) is 3.25. The molecule has 26 heavy (non-hydrogen) atoms. The number of nitrogens with one attached hydrogen (secondary N) is 1. The molecule has 0 spiro atoms. The maximum atomic E-state index is 12.6. The predicted molar refractivity (Wildman–Crippen MR) is 101 cm³/mol. The third kappa shape index (κ3) is 4.02. The molecular formula is C19H30N4O3. The fourth-order valence-electron chi connectivity index (χ4n) is 4.14. The molecule has 1 N–H and O–H groups in total. The molecule has 7 heteroatoms. The molecule has 144 valence electrons. The second-order valence-electron chi connectivity index (χ2n) is 7.70. The van der Waals surface area contributed by atoms with Crippen molar-refractivity contribution in [3.8, 4) is 0 Å². The second kappa shape index (κ2) is 8.10. The second-order valence-corrected chi connectivity index (χ2v) is 7.70. The van der Waals surface area contributed by atoms with Gasteiger partial charge in [0.15, 0.2) is 0 Å². The van der Waals surface area contributed by atoms with Crippen LogP contribution in [0, 0.1) is 5.92 Å². The van der Waals surface area contributed by atoms with Crippen molar-refractivity contribution in [3.05, 3.63) is 26.9 Å². The summed E-state index contributed by atoms with van der Waals surface area (Å²) in [5.74, 6) is 0.841. The fraction of sp³-hybridized carbons (Fsp3) is 0.737. The molecule has 7 nitrogen and oxygen atoms in total. The van der Waals surface area contributed by atoms with Crippen LogP contribution < -0.4 is 21.5 Å². The minimum atomic E-state index is -0.319. The van der Waals surface area contributed by atoms with Crippen LogP contribution in [0.1, 0.15) is 51.4 Å². The topological polar surface area (TPSA) is 76.3 Å². The van der Waals surface area contributed by atoms with Gasteiger partial charge in [0, 0.05) is 45.2 Å². The Hall–Kier alpha value is -2.05. The Morgan fingerprint density at radius 2 is 1.58 bits per heavy atom. The van der Waals surface area contributed by atoms with E-state index in [1.165, 1.54) is 43.4 Å². The van der Waals surface area contributed by atoms with Crippen LogP contribution in [0.2, 0.25) is 0 Å². The van der Waals surface area contributed by atoms with Gasteiger partial charge in [0.05, 0.1) is 0 Å². The summed E-state index contributed by atoms with van der Waals surface area (Å²) < 4.78 is 2.61. The minimum absolute atomic E-state index is 0.0260. The third-order valence-electron chi connectivity index (χ3n) is 5.89. The van der Waals surface area contributed by atoms with Gasteiger partial charge in [0.2, 0.25) is 5.91 Å². The van der Waals surface area contributed by atoms with Crippen LogP contribution in [0.25, 0.3) is 0 Å². The molecule has 3 rings (SSSR count). The van der Waals surface area contributed by atoms with Crippen molar-refractivity contribution in [2.45, 2.75) is 57.4 Å². The zero-order valence-corrected chi connectivity index (χ0v) is 15.9. The van der Waals surface area contributed by atoms with Gasteiger partial charge in [-0.1, -0.05) is 25.7 Å². The summed E-state index contributed by atoms with van der Waals surface area (Å²) in [6.45, 7) is 1.37. The van der Waals surface area contributed by atoms with Crippen molar-refractivity contribution in [3.63, 3.8) is 0 Å². The van der Waals surface area contributed by atoms with Gasteiger partial charge < -0.3 is 10.2 Å². The first kappa shape index (κ1) is 18.7. The summed E-state index contributed by atoms with van der Waals surface area (Å²) >= 11 is 0. The quantitative estimate of drug-likeness (QED) is 0.818. The third-order valence-corrected chi connectivity index (χ3v) is 5.89. The number of carbonyl (C=O) groups is 1. The van der Waals surface area contributed by atoms with Gasteiger partial charge in [-0.3, -0.25) is 18.7 Å². The highest BCUT2D eigenvalue weighted by Crippen LogP contribution is 2.23. The number of nitrogens with zero attached hydrogens (tertiary/aromatic N) is 3. The summed E-state index contributed by atoms with van der Waals surface area (Å²) in [7, 11) is 3.17. The molecule has 1 saturated heterocycles. The lowest BCUT2D eigenvalue weighted by molar-refractivity contribution is -0.126. The van der Waals surface area contributed by atoms with E-state index in [4.69, 9.17) is 0 Å². The van der Waals surface area contributed by atoms with Gasteiger partial charge in [0.1, 0.15) is 5.82 Å². The Labute approximate surface area is 154 Å². The molecule has 1 saturated carbocycles. The van der Waals surface area contributed by atoms with E-state index < -0.39 is 0 Å². The van der Waals surface area contributed by atoms with Crippen LogP contribution >= 0.6 is 0 Å². The molecule has 1 aliphatic heterocycles. The van der Waals surface area contributed by atoms with Gasteiger partial charge in [-0.2, -0.15) is 0 Å². The average Bonchev–Trinajstić information content (AvgIpc) is 2.92. The number of hydrogen-bond acceptors (Lipinski definition) is 4. The number of carbonyl (C=O) groups excluding carboxylic acids is 1. The van der Waals surface area contributed by atoms with Crippen molar-refractivity contribution >= 4 is 11.7 Å². The van der Waals surface area contributed by atoms with Crippen molar-refractivity contribution in [1.82, 2.24) is 14.5 Å². The predicted octanol–water partition coefficient (Wildman–Crippen LogP) is 1.14. The molecule has 1 aromatic rings. The maximum absolute atomic E-state index is 12.6. The summed E-state index contributed by atoms with van der Waals surface area (Å²) in [6.07, 6.45) is 8.67. The first-order valence-electron chi connectivity index (χ1n) is 9.79. The molecule has 0 atom stereocenters. The fourth-order valence-corrected chi connectivity index (χ4v) is 4.14. The van der Waals surface area contributed by atoms with Crippen LogP contribution in [-0.4, -0.2) is 34.2 Å². The van der Waals surface area contributed by atoms with Crippen LogP contribution in [0.3, 0.4) is 0 Å². The van der Waals surface area contributed by atoms with Crippen LogP contribution in [0.5, 0.6) is 0 Å². The van der Waals surface area contributed by atoms with E-state index in [1.54, 1.807) is 7.05 Å². The van der Waals surface area contributed by atoms with Crippen molar-refractivity contribution < 1.29 is 4.79 Å². The average molecular weight is 362 g/mol. The molecule has 0 unspecified atom stereocenters. The van der Waals surface area contributed by atoms with Gasteiger partial charge >= 0.3 is 5.69 Å². The molecule has 2 aliphatic rings. The minimum Gasteiger partial charge on any atom is -0.358 e. The normalized spacial score (nSPS) is 20.0.